The molecule has 1 amide bonds. The SMILES string of the molecule is CC(=O)Nc1ccc(OC[C@H](O)CN2CCCC[C@H]2C)cc1. The van der Waals surface area contributed by atoms with Crippen molar-refractivity contribution in [3.63, 3.8) is 0 Å². The Balaban J connectivity index is 1.75. The zero-order valence-corrected chi connectivity index (χ0v) is 13.4. The van der Waals surface area contributed by atoms with Gasteiger partial charge in [-0.25, -0.2) is 0 Å². The van der Waals surface area contributed by atoms with Crippen molar-refractivity contribution in [2.24, 2.45) is 0 Å². The monoisotopic (exact) mass is 306 g/mol. The van der Waals surface area contributed by atoms with Crippen LogP contribution in [0.3, 0.4) is 0 Å². The number of amides is 1. The number of β-amino-alcohol motifs (C(OH)–C–C–N with tert-alkyl or cyclic N) is 1. The number of ether oxygens (including phenoxy) is 1. The Bertz CT molecular complexity index is 475. The van der Waals surface area contributed by atoms with Crippen molar-refractivity contribution < 1.29 is 14.6 Å². The van der Waals surface area contributed by atoms with Gasteiger partial charge in [-0.3, -0.25) is 9.69 Å². The topological polar surface area (TPSA) is 61.8 Å². The Labute approximate surface area is 132 Å². The highest BCUT2D eigenvalue weighted by Crippen LogP contribution is 2.18. The summed E-state index contributed by atoms with van der Waals surface area (Å²) in [5, 5.41) is 12.8. The van der Waals surface area contributed by atoms with E-state index in [-0.39, 0.29) is 12.5 Å². The minimum Gasteiger partial charge on any atom is -0.491 e. The molecule has 2 atom stereocenters. The smallest absolute Gasteiger partial charge is 0.221 e. The summed E-state index contributed by atoms with van der Waals surface area (Å²) >= 11 is 0. The van der Waals surface area contributed by atoms with Gasteiger partial charge < -0.3 is 15.2 Å². The van der Waals surface area contributed by atoms with Crippen LogP contribution < -0.4 is 10.1 Å². The lowest BCUT2D eigenvalue weighted by Crippen LogP contribution is -2.43. The summed E-state index contributed by atoms with van der Waals surface area (Å²) in [6.07, 6.45) is 3.21. The number of anilines is 1. The molecular formula is C17H26N2O3. The molecule has 2 rings (SSSR count). The fraction of sp³-hybridized carbons (Fsp3) is 0.588. The van der Waals surface area contributed by atoms with E-state index >= 15 is 0 Å². The second-order valence-electron chi connectivity index (χ2n) is 6.01. The summed E-state index contributed by atoms with van der Waals surface area (Å²) < 4.78 is 5.62. The van der Waals surface area contributed by atoms with E-state index in [2.05, 4.69) is 17.1 Å². The van der Waals surface area contributed by atoms with E-state index in [1.807, 2.05) is 0 Å². The van der Waals surface area contributed by atoms with Gasteiger partial charge in [-0.05, 0) is 50.6 Å². The molecule has 1 aliphatic rings. The highest BCUT2D eigenvalue weighted by Gasteiger charge is 2.20. The summed E-state index contributed by atoms with van der Waals surface area (Å²) in [5.74, 6) is 0.597. The molecule has 122 valence electrons. The molecule has 0 saturated carbocycles. The van der Waals surface area contributed by atoms with Crippen LogP contribution in [0, 0.1) is 0 Å². The molecule has 1 aromatic carbocycles. The number of piperidine rings is 1. The maximum absolute atomic E-state index is 10.9. The van der Waals surface area contributed by atoms with Gasteiger partial charge in [-0.15, -0.1) is 0 Å². The predicted molar refractivity (Wildman–Crippen MR) is 87.1 cm³/mol. The Morgan fingerprint density at radius 3 is 2.77 bits per heavy atom. The number of likely N-dealkylation sites (tertiary alicyclic amines) is 1. The standard InChI is InChI=1S/C17H26N2O3/c1-13-5-3-4-10-19(13)11-16(21)12-22-17-8-6-15(7-9-17)18-14(2)20/h6-9,13,16,21H,3-5,10-12H2,1-2H3,(H,18,20)/t13-,16-/m1/s1. The molecule has 1 aliphatic heterocycles. The van der Waals surface area contributed by atoms with Gasteiger partial charge in [0.15, 0.2) is 0 Å². The highest BCUT2D eigenvalue weighted by molar-refractivity contribution is 5.88. The third-order valence-electron chi connectivity index (χ3n) is 4.00. The number of nitrogens with zero attached hydrogens (tertiary/aromatic N) is 1. The molecule has 0 spiro atoms. The van der Waals surface area contributed by atoms with Gasteiger partial charge in [-0.1, -0.05) is 6.42 Å². The number of nitrogens with one attached hydrogen (secondary N) is 1. The van der Waals surface area contributed by atoms with Gasteiger partial charge in [-0.2, -0.15) is 0 Å². The number of aliphatic hydroxyl groups is 1. The van der Waals surface area contributed by atoms with E-state index in [1.165, 1.54) is 26.2 Å². The zero-order valence-electron chi connectivity index (χ0n) is 13.4. The van der Waals surface area contributed by atoms with Crippen LogP contribution in [-0.2, 0) is 4.79 Å². The van der Waals surface area contributed by atoms with E-state index in [9.17, 15) is 9.90 Å². The van der Waals surface area contributed by atoms with Crippen LogP contribution in [0.4, 0.5) is 5.69 Å². The van der Waals surface area contributed by atoms with Crippen LogP contribution in [0.2, 0.25) is 0 Å². The molecule has 5 nitrogen and oxygen atoms in total. The molecule has 0 bridgehead atoms. The third kappa shape index (κ3) is 5.31. The molecule has 1 saturated heterocycles. The van der Waals surface area contributed by atoms with Crippen molar-refractivity contribution in [3.8, 4) is 5.75 Å². The number of hydrogen-bond donors (Lipinski definition) is 2. The van der Waals surface area contributed by atoms with Crippen LogP contribution >= 0.6 is 0 Å². The third-order valence-corrected chi connectivity index (χ3v) is 4.00. The van der Waals surface area contributed by atoms with E-state index < -0.39 is 6.10 Å². The molecule has 1 aromatic rings. The van der Waals surface area contributed by atoms with Gasteiger partial charge in [0.1, 0.15) is 18.5 Å². The van der Waals surface area contributed by atoms with Crippen molar-refractivity contribution in [1.29, 1.82) is 0 Å². The Morgan fingerprint density at radius 2 is 2.14 bits per heavy atom. The van der Waals surface area contributed by atoms with Crippen LogP contribution in [-0.4, -0.2) is 47.8 Å². The molecule has 0 aromatic heterocycles. The lowest BCUT2D eigenvalue weighted by atomic mass is 10.0. The first kappa shape index (κ1) is 16.8. The number of aliphatic hydroxyl groups excluding tert-OH is 1. The first-order valence-electron chi connectivity index (χ1n) is 7.97. The molecule has 1 fully saturated rings. The summed E-state index contributed by atoms with van der Waals surface area (Å²) in [6, 6.07) is 7.70. The number of benzene rings is 1. The number of hydrogen-bond acceptors (Lipinski definition) is 4. The predicted octanol–water partition coefficient (Wildman–Crippen LogP) is 2.26. The van der Waals surface area contributed by atoms with Gasteiger partial charge in [0.25, 0.3) is 0 Å². The van der Waals surface area contributed by atoms with E-state index in [0.717, 1.165) is 12.2 Å². The fourth-order valence-electron chi connectivity index (χ4n) is 2.78. The average molecular weight is 306 g/mol. The summed E-state index contributed by atoms with van der Waals surface area (Å²) in [6.45, 7) is 5.69. The second kappa shape index (κ2) is 8.15. The Hall–Kier alpha value is -1.59. The first-order chi connectivity index (χ1) is 10.5. The van der Waals surface area contributed by atoms with E-state index in [1.54, 1.807) is 24.3 Å². The maximum Gasteiger partial charge on any atom is 0.221 e. The van der Waals surface area contributed by atoms with Gasteiger partial charge in [0, 0.05) is 25.2 Å². The largest absolute Gasteiger partial charge is 0.491 e. The second-order valence-corrected chi connectivity index (χ2v) is 6.01. The molecule has 0 unspecified atom stereocenters. The zero-order chi connectivity index (χ0) is 15.9. The van der Waals surface area contributed by atoms with Crippen LogP contribution in [0.15, 0.2) is 24.3 Å². The molecule has 0 radical (unpaired) electrons. The Kier molecular flexibility index (Phi) is 6.21. The van der Waals surface area contributed by atoms with Crippen molar-refractivity contribution in [2.45, 2.75) is 45.3 Å². The van der Waals surface area contributed by atoms with E-state index in [4.69, 9.17) is 4.74 Å². The summed E-state index contributed by atoms with van der Waals surface area (Å²) in [7, 11) is 0. The average Bonchev–Trinajstić information content (AvgIpc) is 2.48. The summed E-state index contributed by atoms with van der Waals surface area (Å²) in [4.78, 5) is 13.3. The minimum atomic E-state index is -0.490. The molecule has 22 heavy (non-hydrogen) atoms. The number of carbonyl (C=O) groups excluding carboxylic acids is 1. The molecular weight excluding hydrogens is 280 g/mol. The minimum absolute atomic E-state index is 0.0975. The number of rotatable bonds is 6. The molecule has 2 N–H and O–H groups in total. The van der Waals surface area contributed by atoms with Gasteiger partial charge in [0.2, 0.25) is 5.91 Å². The van der Waals surface area contributed by atoms with Crippen LogP contribution in [0.1, 0.15) is 33.1 Å². The molecule has 0 aliphatic carbocycles. The fourth-order valence-corrected chi connectivity index (χ4v) is 2.78. The molecule has 1 heterocycles. The maximum atomic E-state index is 10.9. The number of carbonyl (C=O) groups is 1. The van der Waals surface area contributed by atoms with Crippen LogP contribution in [0.5, 0.6) is 5.75 Å². The first-order valence-corrected chi connectivity index (χ1v) is 7.97. The quantitative estimate of drug-likeness (QED) is 0.846. The van der Waals surface area contributed by atoms with Crippen molar-refractivity contribution >= 4 is 11.6 Å². The summed E-state index contributed by atoms with van der Waals surface area (Å²) in [5.41, 5.74) is 0.738. The van der Waals surface area contributed by atoms with E-state index in [0.29, 0.717) is 18.3 Å². The van der Waals surface area contributed by atoms with Crippen LogP contribution in [0.25, 0.3) is 0 Å². The van der Waals surface area contributed by atoms with Crippen molar-refractivity contribution in [2.75, 3.05) is 25.0 Å². The highest BCUT2D eigenvalue weighted by atomic mass is 16.5. The lowest BCUT2D eigenvalue weighted by molar-refractivity contribution is -0.114. The van der Waals surface area contributed by atoms with Gasteiger partial charge >= 0.3 is 0 Å². The van der Waals surface area contributed by atoms with Gasteiger partial charge in [0.05, 0.1) is 0 Å². The lowest BCUT2D eigenvalue weighted by Gasteiger charge is -2.34. The van der Waals surface area contributed by atoms with Crippen molar-refractivity contribution in [3.05, 3.63) is 24.3 Å². The Morgan fingerprint density at radius 1 is 1.41 bits per heavy atom. The van der Waals surface area contributed by atoms with Crippen molar-refractivity contribution in [1.82, 2.24) is 4.90 Å². The molecule has 5 heteroatoms. The normalized spacial score (nSPS) is 20.4.